The second-order valence-corrected chi connectivity index (χ2v) is 11.1. The van der Waals surface area contributed by atoms with Gasteiger partial charge in [0.05, 0.1) is 58.2 Å². The van der Waals surface area contributed by atoms with Crippen LogP contribution < -0.4 is 10.6 Å². The number of hydrogen-bond donors (Lipinski definition) is 4. The van der Waals surface area contributed by atoms with Gasteiger partial charge >= 0.3 is 0 Å². The van der Waals surface area contributed by atoms with Crippen molar-refractivity contribution < 1.29 is 19.8 Å². The number of nitrogens with zero attached hydrogens (tertiary/aromatic N) is 5. The van der Waals surface area contributed by atoms with E-state index in [1.165, 1.54) is 12.4 Å². The van der Waals surface area contributed by atoms with E-state index in [-0.39, 0.29) is 24.5 Å². The third-order valence-corrected chi connectivity index (χ3v) is 8.56. The summed E-state index contributed by atoms with van der Waals surface area (Å²) in [5, 5.41) is 40.4. The smallest absolute Gasteiger partial charge is 0.255 e. The zero-order valence-electron chi connectivity index (χ0n) is 21.6. The van der Waals surface area contributed by atoms with E-state index in [9.17, 15) is 25.1 Å². The first-order chi connectivity index (χ1) is 18.8. The molecular formula is C28H31N7O4. The van der Waals surface area contributed by atoms with Crippen molar-refractivity contribution in [3.63, 3.8) is 0 Å². The molecule has 11 nitrogen and oxygen atoms in total. The quantitative estimate of drug-likeness (QED) is 0.377. The molecule has 2 amide bonds. The topological polar surface area (TPSA) is 156 Å². The summed E-state index contributed by atoms with van der Waals surface area (Å²) in [6, 6.07) is 9.41. The molecule has 3 saturated carbocycles. The largest absolute Gasteiger partial charge is 0.391 e. The van der Waals surface area contributed by atoms with Crippen molar-refractivity contribution in [2.45, 2.75) is 62.2 Å². The van der Waals surface area contributed by atoms with Crippen LogP contribution in [0.4, 0.5) is 5.69 Å². The van der Waals surface area contributed by atoms with Gasteiger partial charge < -0.3 is 25.7 Å². The Labute approximate surface area is 225 Å². The standard InChI is InChI=1S/C28H31N7O4/c29-13-18-11-19-1-2-24(35(19)32-14-18)23-12-22(33-27-4-7-28(39,8-5-27)9-6-27)21(15-30-23)26(38)31-16-25(37)34-10-3-20(36)17-34/h1-2,11-12,14-15,20,36,39H,3-10,16-17H2,(H,30,33)(H,31,38)/t20-,27?,28?/m1/s1. The Morgan fingerprint density at radius 3 is 2.59 bits per heavy atom. The number of β-amino-alcohol motifs (C(OH)–C–C–N with tert-alkyl or cyclic N) is 1. The molecule has 0 unspecified atom stereocenters. The number of rotatable bonds is 6. The molecule has 39 heavy (non-hydrogen) atoms. The first-order valence-electron chi connectivity index (χ1n) is 13.4. The van der Waals surface area contributed by atoms with E-state index in [0.29, 0.717) is 60.4 Å². The molecule has 3 aliphatic carbocycles. The van der Waals surface area contributed by atoms with E-state index in [1.807, 2.05) is 18.2 Å². The zero-order valence-corrected chi connectivity index (χ0v) is 21.6. The summed E-state index contributed by atoms with van der Waals surface area (Å²) >= 11 is 0. The molecule has 0 radical (unpaired) electrons. The maximum absolute atomic E-state index is 13.3. The van der Waals surface area contributed by atoms with Crippen molar-refractivity contribution in [1.82, 2.24) is 24.8 Å². The SMILES string of the molecule is N#Cc1cnn2c(-c3cc(NC45CCC(O)(CC4)CC5)c(C(=O)NCC(=O)N4CC[C@@H](O)C4)cn3)ccc2c1. The number of anilines is 1. The van der Waals surface area contributed by atoms with E-state index in [0.717, 1.165) is 24.8 Å². The van der Waals surface area contributed by atoms with Crippen LogP contribution in [0.15, 0.2) is 36.7 Å². The summed E-state index contributed by atoms with van der Waals surface area (Å²) in [6.45, 7) is 0.587. The maximum Gasteiger partial charge on any atom is 0.255 e. The highest BCUT2D eigenvalue weighted by atomic mass is 16.3. The Morgan fingerprint density at radius 1 is 1.13 bits per heavy atom. The molecule has 1 aliphatic heterocycles. The number of amides is 2. The lowest BCUT2D eigenvalue weighted by molar-refractivity contribution is -0.129. The molecule has 0 spiro atoms. The van der Waals surface area contributed by atoms with E-state index < -0.39 is 17.6 Å². The minimum Gasteiger partial charge on any atom is -0.391 e. The van der Waals surface area contributed by atoms with Gasteiger partial charge in [-0.1, -0.05) is 0 Å². The van der Waals surface area contributed by atoms with Gasteiger partial charge in [-0.05, 0) is 69.2 Å². The van der Waals surface area contributed by atoms with Crippen LogP contribution in [-0.2, 0) is 4.79 Å². The fourth-order valence-corrected chi connectivity index (χ4v) is 6.10. The van der Waals surface area contributed by atoms with Gasteiger partial charge in [0.2, 0.25) is 5.91 Å². The van der Waals surface area contributed by atoms with Gasteiger partial charge in [0.15, 0.2) is 0 Å². The highest BCUT2D eigenvalue weighted by molar-refractivity contribution is 6.01. The molecule has 4 N–H and O–H groups in total. The molecule has 3 aromatic rings. The van der Waals surface area contributed by atoms with Crippen molar-refractivity contribution in [3.05, 3.63) is 47.8 Å². The molecule has 2 bridgehead atoms. The molecule has 4 fully saturated rings. The van der Waals surface area contributed by atoms with Crippen molar-refractivity contribution in [1.29, 1.82) is 5.26 Å². The fourth-order valence-electron chi connectivity index (χ4n) is 6.10. The Kier molecular flexibility index (Phi) is 6.24. The van der Waals surface area contributed by atoms with Gasteiger partial charge in [-0.3, -0.25) is 14.6 Å². The Morgan fingerprint density at radius 2 is 1.90 bits per heavy atom. The number of fused-ring (bicyclic) bond motifs is 4. The number of nitrogens with one attached hydrogen (secondary N) is 2. The van der Waals surface area contributed by atoms with Gasteiger partial charge in [0, 0.05) is 24.8 Å². The van der Waals surface area contributed by atoms with Gasteiger partial charge in [-0.15, -0.1) is 0 Å². The number of carbonyl (C=O) groups is 2. The molecule has 3 aromatic heterocycles. The van der Waals surface area contributed by atoms with E-state index in [4.69, 9.17) is 0 Å². The van der Waals surface area contributed by atoms with Crippen LogP contribution >= 0.6 is 0 Å². The number of hydrogen-bond acceptors (Lipinski definition) is 8. The average molecular weight is 530 g/mol. The van der Waals surface area contributed by atoms with Crippen LogP contribution in [0.5, 0.6) is 0 Å². The molecule has 0 aromatic carbocycles. The molecule has 1 atom stereocenters. The predicted octanol–water partition coefficient (Wildman–Crippen LogP) is 1.84. The summed E-state index contributed by atoms with van der Waals surface area (Å²) in [5.41, 5.74) is 2.65. The number of nitriles is 1. The lowest BCUT2D eigenvalue weighted by Gasteiger charge is -2.51. The Hall–Kier alpha value is -4.01. The highest BCUT2D eigenvalue weighted by Gasteiger charge is 2.48. The van der Waals surface area contributed by atoms with E-state index in [2.05, 4.69) is 26.8 Å². The summed E-state index contributed by atoms with van der Waals surface area (Å²) < 4.78 is 1.70. The summed E-state index contributed by atoms with van der Waals surface area (Å²) in [5.74, 6) is -0.653. The van der Waals surface area contributed by atoms with Crippen molar-refractivity contribution in [2.75, 3.05) is 25.0 Å². The number of aromatic nitrogens is 3. The van der Waals surface area contributed by atoms with Crippen LogP contribution in [0.1, 0.15) is 60.9 Å². The first-order valence-corrected chi connectivity index (χ1v) is 13.4. The number of carbonyl (C=O) groups excluding carboxylic acids is 2. The second-order valence-electron chi connectivity index (χ2n) is 11.1. The van der Waals surface area contributed by atoms with Gasteiger partial charge in [-0.2, -0.15) is 10.4 Å². The molecule has 1 saturated heterocycles. The number of aliphatic hydroxyl groups is 2. The summed E-state index contributed by atoms with van der Waals surface area (Å²) in [4.78, 5) is 32.0. The third-order valence-electron chi connectivity index (χ3n) is 8.56. The maximum atomic E-state index is 13.3. The molecule has 7 rings (SSSR count). The summed E-state index contributed by atoms with van der Waals surface area (Å²) in [6.07, 6.45) is 7.55. The Balaban J connectivity index is 1.30. The first kappa shape index (κ1) is 25.3. The Bertz CT molecular complexity index is 1470. The van der Waals surface area contributed by atoms with Crippen molar-refractivity contribution >= 4 is 23.0 Å². The fraction of sp³-hybridized carbons (Fsp3) is 0.464. The lowest BCUT2D eigenvalue weighted by atomic mass is 9.63. The zero-order chi connectivity index (χ0) is 27.2. The molecule has 11 heteroatoms. The molecule has 4 heterocycles. The number of aliphatic hydroxyl groups excluding tert-OH is 1. The second kappa shape index (κ2) is 9.63. The van der Waals surface area contributed by atoms with E-state index in [1.54, 1.807) is 15.5 Å². The van der Waals surface area contributed by atoms with E-state index >= 15 is 0 Å². The normalized spacial score (nSPS) is 26.0. The minimum absolute atomic E-state index is 0.167. The summed E-state index contributed by atoms with van der Waals surface area (Å²) in [7, 11) is 0. The van der Waals surface area contributed by atoms with Gasteiger partial charge in [-0.25, -0.2) is 4.52 Å². The van der Waals surface area contributed by atoms with Crippen LogP contribution in [0, 0.1) is 11.3 Å². The highest BCUT2D eigenvalue weighted by Crippen LogP contribution is 2.48. The van der Waals surface area contributed by atoms with Crippen LogP contribution in [-0.4, -0.2) is 78.4 Å². The number of pyridine rings is 1. The van der Waals surface area contributed by atoms with Crippen molar-refractivity contribution in [3.8, 4) is 17.5 Å². The molecule has 202 valence electrons. The minimum atomic E-state index is -0.588. The number of likely N-dealkylation sites (tertiary alicyclic amines) is 1. The molecule has 4 aliphatic rings. The van der Waals surface area contributed by atoms with Gasteiger partial charge in [0.1, 0.15) is 6.07 Å². The molecular weight excluding hydrogens is 498 g/mol. The lowest BCUT2D eigenvalue weighted by Crippen LogP contribution is -2.54. The van der Waals surface area contributed by atoms with Crippen LogP contribution in [0.3, 0.4) is 0 Å². The predicted molar refractivity (Wildman–Crippen MR) is 142 cm³/mol. The van der Waals surface area contributed by atoms with Gasteiger partial charge in [0.25, 0.3) is 5.91 Å². The van der Waals surface area contributed by atoms with Crippen LogP contribution in [0.25, 0.3) is 16.9 Å². The average Bonchev–Trinajstić information content (AvgIpc) is 3.58. The van der Waals surface area contributed by atoms with Crippen molar-refractivity contribution in [2.24, 2.45) is 0 Å². The monoisotopic (exact) mass is 529 g/mol. The third kappa shape index (κ3) is 4.82. The van der Waals surface area contributed by atoms with Crippen LogP contribution in [0.2, 0.25) is 0 Å².